The molecule has 14 heavy (non-hydrogen) atoms. The Labute approximate surface area is 83.3 Å². The summed E-state index contributed by atoms with van der Waals surface area (Å²) in [6, 6.07) is 0. The summed E-state index contributed by atoms with van der Waals surface area (Å²) in [5.41, 5.74) is 5.42. The minimum absolute atomic E-state index is 0.0379. The summed E-state index contributed by atoms with van der Waals surface area (Å²) in [4.78, 5) is 12.8. The summed E-state index contributed by atoms with van der Waals surface area (Å²) < 4.78 is 21.3. The minimum Gasteiger partial charge on any atom is -0.341 e. The molecule has 0 aliphatic carbocycles. The highest BCUT2D eigenvalue weighted by atomic mass is 32.2. The summed E-state index contributed by atoms with van der Waals surface area (Å²) >= 11 is 0. The van der Waals surface area contributed by atoms with Crippen LogP contribution in [0.5, 0.6) is 0 Å². The first-order valence-electron chi connectivity index (χ1n) is 4.40. The van der Waals surface area contributed by atoms with Gasteiger partial charge in [0.15, 0.2) is 0 Å². The maximum absolute atomic E-state index is 11.3. The summed E-state index contributed by atoms with van der Waals surface area (Å²) in [7, 11) is -3.48. The van der Waals surface area contributed by atoms with Crippen molar-refractivity contribution in [3.05, 3.63) is 0 Å². The van der Waals surface area contributed by atoms with E-state index < -0.39 is 10.0 Å². The van der Waals surface area contributed by atoms with Crippen molar-refractivity contribution in [3.8, 4) is 0 Å². The van der Waals surface area contributed by atoms with E-state index >= 15 is 0 Å². The van der Waals surface area contributed by atoms with Crippen LogP contribution >= 0.6 is 0 Å². The average molecular weight is 221 g/mol. The molecule has 1 aliphatic rings. The Hall–Kier alpha value is -0.660. The van der Waals surface area contributed by atoms with E-state index in [4.69, 9.17) is 10.9 Å². The van der Waals surface area contributed by atoms with Gasteiger partial charge in [0.25, 0.3) is 0 Å². The molecule has 1 heterocycles. The molecule has 1 rings (SSSR count). The third kappa shape index (κ3) is 3.24. The molecule has 7 heteroatoms. The lowest BCUT2D eigenvalue weighted by atomic mass is 10.1. The van der Waals surface area contributed by atoms with Gasteiger partial charge in [-0.2, -0.15) is 0 Å². The fourth-order valence-electron chi connectivity index (χ4n) is 1.47. The Kier molecular flexibility index (Phi) is 3.46. The van der Waals surface area contributed by atoms with Gasteiger partial charge in [0.2, 0.25) is 15.9 Å². The Morgan fingerprint density at radius 1 is 1.50 bits per heavy atom. The van der Waals surface area contributed by atoms with Gasteiger partial charge in [-0.25, -0.2) is 13.6 Å². The summed E-state index contributed by atoms with van der Waals surface area (Å²) in [5, 5.41) is 4.84. The van der Waals surface area contributed by atoms with Crippen LogP contribution in [0.15, 0.2) is 0 Å². The Bertz CT molecular complexity index is 314. The van der Waals surface area contributed by atoms with Crippen LogP contribution in [-0.4, -0.2) is 44.6 Å². The number of rotatable bonds is 4. The second-order valence-electron chi connectivity index (χ2n) is 3.51. The molecule has 1 saturated heterocycles. The van der Waals surface area contributed by atoms with Crippen molar-refractivity contribution in [2.45, 2.75) is 6.42 Å². The van der Waals surface area contributed by atoms with E-state index in [9.17, 15) is 13.2 Å². The number of nitrogens with two attached hydrogens (primary N) is 2. The molecule has 0 bridgehead atoms. The van der Waals surface area contributed by atoms with Crippen LogP contribution in [0, 0.1) is 5.92 Å². The van der Waals surface area contributed by atoms with Crippen molar-refractivity contribution >= 4 is 15.9 Å². The van der Waals surface area contributed by atoms with Gasteiger partial charge < -0.3 is 10.6 Å². The van der Waals surface area contributed by atoms with Crippen LogP contribution < -0.4 is 10.9 Å². The van der Waals surface area contributed by atoms with Crippen LogP contribution in [0.2, 0.25) is 0 Å². The van der Waals surface area contributed by atoms with Gasteiger partial charge in [-0.15, -0.1) is 0 Å². The molecule has 1 fully saturated rings. The molecular weight excluding hydrogens is 206 g/mol. The topological polar surface area (TPSA) is 106 Å². The molecule has 4 N–H and O–H groups in total. The molecule has 1 atom stereocenters. The Morgan fingerprint density at radius 2 is 2.14 bits per heavy atom. The lowest BCUT2D eigenvalue weighted by Gasteiger charge is -2.15. The number of sulfonamides is 1. The molecule has 1 unspecified atom stereocenters. The number of nitrogens with zero attached hydrogens (tertiary/aromatic N) is 1. The van der Waals surface area contributed by atoms with Gasteiger partial charge in [-0.3, -0.25) is 4.79 Å². The highest BCUT2D eigenvalue weighted by Gasteiger charge is 2.28. The van der Waals surface area contributed by atoms with Gasteiger partial charge in [0.1, 0.15) is 0 Å². The van der Waals surface area contributed by atoms with E-state index in [1.165, 1.54) is 4.90 Å². The Morgan fingerprint density at radius 3 is 2.57 bits per heavy atom. The third-order valence-electron chi connectivity index (χ3n) is 2.27. The number of hydrogen-bond acceptors (Lipinski definition) is 4. The molecule has 1 aliphatic heterocycles. The Balaban J connectivity index is 2.43. The zero-order valence-electron chi connectivity index (χ0n) is 7.85. The first-order valence-corrected chi connectivity index (χ1v) is 6.12. The first-order chi connectivity index (χ1) is 6.42. The standard InChI is InChI=1S/C7H15N3O3S/c8-4-6-3-7(11)10(5-6)1-2-14(9,12)13/h6H,1-5,8H2,(H2,9,12,13). The van der Waals surface area contributed by atoms with E-state index in [1.807, 2.05) is 0 Å². The monoisotopic (exact) mass is 221 g/mol. The number of amides is 1. The maximum atomic E-state index is 11.3. The SMILES string of the molecule is NCC1CC(=O)N(CCS(N)(=O)=O)C1. The molecule has 1 amide bonds. The smallest absolute Gasteiger partial charge is 0.223 e. The maximum Gasteiger partial charge on any atom is 0.223 e. The number of carbonyl (C=O) groups is 1. The molecule has 82 valence electrons. The van der Waals surface area contributed by atoms with Crippen molar-refractivity contribution in [1.29, 1.82) is 0 Å². The van der Waals surface area contributed by atoms with Gasteiger partial charge >= 0.3 is 0 Å². The highest BCUT2D eigenvalue weighted by molar-refractivity contribution is 7.89. The van der Waals surface area contributed by atoms with E-state index in [2.05, 4.69) is 0 Å². The second kappa shape index (κ2) is 4.24. The average Bonchev–Trinajstić information content (AvgIpc) is 2.42. The van der Waals surface area contributed by atoms with Gasteiger partial charge in [-0.1, -0.05) is 0 Å². The van der Waals surface area contributed by atoms with Crippen LogP contribution in [0.3, 0.4) is 0 Å². The van der Waals surface area contributed by atoms with Crippen LogP contribution in [-0.2, 0) is 14.8 Å². The lowest BCUT2D eigenvalue weighted by Crippen LogP contribution is -2.33. The van der Waals surface area contributed by atoms with Crippen LogP contribution in [0.1, 0.15) is 6.42 Å². The normalized spacial score (nSPS) is 23.1. The summed E-state index contributed by atoms with van der Waals surface area (Å²) in [6.07, 6.45) is 0.418. The van der Waals surface area contributed by atoms with Gasteiger partial charge in [-0.05, 0) is 12.5 Å². The summed E-state index contributed by atoms with van der Waals surface area (Å²) in [6.45, 7) is 1.18. The molecule has 0 saturated carbocycles. The van der Waals surface area contributed by atoms with Crippen molar-refractivity contribution in [3.63, 3.8) is 0 Å². The van der Waals surface area contributed by atoms with E-state index in [0.29, 0.717) is 19.5 Å². The minimum atomic E-state index is -3.48. The van der Waals surface area contributed by atoms with Crippen LogP contribution in [0.4, 0.5) is 0 Å². The van der Waals surface area contributed by atoms with Gasteiger partial charge in [0.05, 0.1) is 5.75 Å². The zero-order valence-corrected chi connectivity index (χ0v) is 8.66. The predicted molar refractivity (Wildman–Crippen MR) is 51.7 cm³/mol. The molecule has 0 aromatic heterocycles. The van der Waals surface area contributed by atoms with E-state index in [1.54, 1.807) is 0 Å². The zero-order chi connectivity index (χ0) is 10.8. The highest BCUT2D eigenvalue weighted by Crippen LogP contribution is 2.15. The van der Waals surface area contributed by atoms with Crippen molar-refractivity contribution in [2.24, 2.45) is 16.8 Å². The number of likely N-dealkylation sites (tertiary alicyclic amines) is 1. The van der Waals surface area contributed by atoms with E-state index in [0.717, 1.165) is 0 Å². The molecule has 6 nitrogen and oxygen atoms in total. The number of carbonyl (C=O) groups excluding carboxylic acids is 1. The molecule has 0 spiro atoms. The van der Waals surface area contributed by atoms with E-state index in [-0.39, 0.29) is 24.1 Å². The largest absolute Gasteiger partial charge is 0.341 e. The fourth-order valence-corrected chi connectivity index (χ4v) is 1.94. The number of primary sulfonamides is 1. The molecule has 0 aromatic carbocycles. The second-order valence-corrected chi connectivity index (χ2v) is 5.25. The lowest BCUT2D eigenvalue weighted by molar-refractivity contribution is -0.127. The van der Waals surface area contributed by atoms with Crippen molar-refractivity contribution in [2.75, 3.05) is 25.4 Å². The summed E-state index contributed by atoms with van der Waals surface area (Å²) in [5.74, 6) is -0.0668. The molecular formula is C7H15N3O3S. The fraction of sp³-hybridized carbons (Fsp3) is 0.857. The van der Waals surface area contributed by atoms with Crippen molar-refractivity contribution in [1.82, 2.24) is 4.90 Å². The van der Waals surface area contributed by atoms with Crippen molar-refractivity contribution < 1.29 is 13.2 Å². The number of hydrogen-bond donors (Lipinski definition) is 2. The quantitative estimate of drug-likeness (QED) is 0.577. The molecule has 0 aromatic rings. The molecule has 0 radical (unpaired) electrons. The predicted octanol–water partition coefficient (Wildman–Crippen LogP) is -1.92. The third-order valence-corrected chi connectivity index (χ3v) is 3.03. The van der Waals surface area contributed by atoms with Gasteiger partial charge in [0, 0.05) is 19.5 Å². The first kappa shape index (κ1) is 11.4. The van der Waals surface area contributed by atoms with Crippen LogP contribution in [0.25, 0.3) is 0 Å².